The van der Waals surface area contributed by atoms with Gasteiger partial charge in [-0.15, -0.1) is 15.0 Å². The monoisotopic (exact) mass is 357 g/mol. The first kappa shape index (κ1) is 17.0. The van der Waals surface area contributed by atoms with Crippen LogP contribution < -0.4 is 0 Å². The van der Waals surface area contributed by atoms with Gasteiger partial charge in [0.15, 0.2) is 0 Å². The second-order valence-corrected chi connectivity index (χ2v) is 6.04. The molecule has 0 aliphatic rings. The number of halogens is 1. The minimum absolute atomic E-state index is 0.0471. The number of rotatable bonds is 5. The molecule has 0 radical (unpaired) electrons. The number of hydrogen-bond acceptors (Lipinski definition) is 5. The molecule has 6 nitrogen and oxygen atoms in total. The average molecular weight is 358 g/mol. The summed E-state index contributed by atoms with van der Waals surface area (Å²) in [5.41, 5.74) is 2.61. The number of phenols is 1. The van der Waals surface area contributed by atoms with Gasteiger partial charge in [0.2, 0.25) is 0 Å². The molecule has 0 fully saturated rings. The van der Waals surface area contributed by atoms with Crippen molar-refractivity contribution in [2.45, 2.75) is 19.4 Å². The molecule has 0 bridgehead atoms. The Bertz CT molecular complexity index is 952. The summed E-state index contributed by atoms with van der Waals surface area (Å²) < 4.78 is 5.17. The maximum absolute atomic E-state index is 11.3. The fourth-order valence-corrected chi connectivity index (χ4v) is 2.64. The van der Waals surface area contributed by atoms with Crippen molar-refractivity contribution in [1.82, 2.24) is 15.0 Å². The van der Waals surface area contributed by atoms with Crippen LogP contribution in [0.1, 0.15) is 12.5 Å². The Labute approximate surface area is 149 Å². The predicted octanol–water partition coefficient (Wildman–Crippen LogP) is 3.44. The van der Waals surface area contributed by atoms with Gasteiger partial charge in [-0.2, -0.15) is 0 Å². The quantitative estimate of drug-likeness (QED) is 0.559. The fraction of sp³-hybridized carbons (Fsp3) is 0.167. The molecule has 1 N–H and O–H groups in total. The molecule has 1 unspecified atom stereocenters. The van der Waals surface area contributed by atoms with E-state index in [1.54, 1.807) is 43.3 Å². The van der Waals surface area contributed by atoms with E-state index >= 15 is 0 Å². The van der Waals surface area contributed by atoms with Crippen molar-refractivity contribution in [2.24, 2.45) is 0 Å². The first-order valence-corrected chi connectivity index (χ1v) is 8.02. The summed E-state index contributed by atoms with van der Waals surface area (Å²) in [4.78, 5) is 12.6. The van der Waals surface area contributed by atoms with E-state index in [0.29, 0.717) is 28.2 Å². The van der Waals surface area contributed by atoms with E-state index in [0.717, 1.165) is 11.6 Å². The highest BCUT2D eigenvalue weighted by Crippen LogP contribution is 2.25. The summed E-state index contributed by atoms with van der Waals surface area (Å²) in [6.07, 6.45) is 1.29. The molecule has 0 saturated heterocycles. The van der Waals surface area contributed by atoms with Crippen LogP contribution in [0.3, 0.4) is 0 Å². The first-order chi connectivity index (χ1) is 12.0. The number of carbonyl (C=O) groups excluding carboxylic acids is 1. The summed E-state index contributed by atoms with van der Waals surface area (Å²) in [6, 6.07) is 10.3. The van der Waals surface area contributed by atoms with Gasteiger partial charge in [0.25, 0.3) is 0 Å². The van der Waals surface area contributed by atoms with Gasteiger partial charge in [0.05, 0.1) is 0 Å². The highest BCUT2D eigenvalue weighted by atomic mass is 35.5. The molecule has 0 aliphatic carbocycles. The lowest BCUT2D eigenvalue weighted by Crippen LogP contribution is -2.15. The molecule has 3 aromatic rings. The number of hydrogen-bond donors (Lipinski definition) is 1. The van der Waals surface area contributed by atoms with Gasteiger partial charge >= 0.3 is 5.97 Å². The number of carbonyl (C=O) groups is 1. The summed E-state index contributed by atoms with van der Waals surface area (Å²) in [5, 5.41) is 19.4. The number of aromatic hydroxyl groups is 1. The SMILES string of the molecule is C=CC(=O)OC(C)Cc1ccc(O)c(-n2nc3ccc(Cl)cc3n2)c1. The van der Waals surface area contributed by atoms with Gasteiger partial charge in [-0.3, -0.25) is 0 Å². The van der Waals surface area contributed by atoms with Crippen LogP contribution in [0.25, 0.3) is 16.7 Å². The molecular formula is C18H16ClN3O3. The van der Waals surface area contributed by atoms with Crippen molar-refractivity contribution in [3.05, 3.63) is 59.6 Å². The molecule has 128 valence electrons. The van der Waals surface area contributed by atoms with Crippen molar-refractivity contribution < 1.29 is 14.6 Å². The van der Waals surface area contributed by atoms with E-state index in [9.17, 15) is 9.90 Å². The Hall–Kier alpha value is -2.86. The largest absolute Gasteiger partial charge is 0.506 e. The zero-order valence-corrected chi connectivity index (χ0v) is 14.3. The lowest BCUT2D eigenvalue weighted by Gasteiger charge is -2.13. The Kier molecular flexibility index (Phi) is 4.72. The number of esters is 1. The number of ether oxygens (including phenoxy) is 1. The zero-order valence-electron chi connectivity index (χ0n) is 13.5. The number of phenolic OH excluding ortho intramolecular Hbond substituents is 1. The Balaban J connectivity index is 1.90. The lowest BCUT2D eigenvalue weighted by atomic mass is 10.1. The number of nitrogens with zero attached hydrogens (tertiary/aromatic N) is 3. The van der Waals surface area contributed by atoms with Crippen LogP contribution in [0.4, 0.5) is 0 Å². The summed E-state index contributed by atoms with van der Waals surface area (Å²) in [6.45, 7) is 5.16. The summed E-state index contributed by atoms with van der Waals surface area (Å²) >= 11 is 5.97. The van der Waals surface area contributed by atoms with Gasteiger partial charge < -0.3 is 9.84 Å². The van der Waals surface area contributed by atoms with Crippen LogP contribution in [0.2, 0.25) is 5.02 Å². The van der Waals surface area contributed by atoms with E-state index in [1.807, 2.05) is 0 Å². The van der Waals surface area contributed by atoms with Gasteiger partial charge in [-0.1, -0.05) is 24.2 Å². The Morgan fingerprint density at radius 2 is 2.08 bits per heavy atom. The molecule has 1 aromatic heterocycles. The molecule has 7 heteroatoms. The average Bonchev–Trinajstić information content (AvgIpc) is 2.99. The predicted molar refractivity (Wildman–Crippen MR) is 95.0 cm³/mol. The molecule has 2 aromatic carbocycles. The van der Waals surface area contributed by atoms with Crippen molar-refractivity contribution in [2.75, 3.05) is 0 Å². The maximum atomic E-state index is 11.3. The Morgan fingerprint density at radius 3 is 2.84 bits per heavy atom. The third-order valence-electron chi connectivity index (χ3n) is 3.60. The molecule has 0 saturated carbocycles. The van der Waals surface area contributed by atoms with Crippen molar-refractivity contribution >= 4 is 28.6 Å². The maximum Gasteiger partial charge on any atom is 0.330 e. The molecule has 1 atom stereocenters. The highest BCUT2D eigenvalue weighted by Gasteiger charge is 2.13. The van der Waals surface area contributed by atoms with Crippen LogP contribution in [-0.4, -0.2) is 32.2 Å². The van der Waals surface area contributed by atoms with E-state index in [4.69, 9.17) is 16.3 Å². The first-order valence-electron chi connectivity index (χ1n) is 7.64. The van der Waals surface area contributed by atoms with Gasteiger partial charge in [-0.05, 0) is 42.8 Å². The minimum atomic E-state index is -0.469. The lowest BCUT2D eigenvalue weighted by molar-refractivity contribution is -0.142. The van der Waals surface area contributed by atoms with Crippen LogP contribution in [-0.2, 0) is 16.0 Å². The van der Waals surface area contributed by atoms with Gasteiger partial charge in [0.1, 0.15) is 28.6 Å². The zero-order chi connectivity index (χ0) is 18.0. The number of aromatic nitrogens is 3. The smallest absolute Gasteiger partial charge is 0.330 e. The second-order valence-electron chi connectivity index (χ2n) is 5.60. The molecule has 1 heterocycles. The van der Waals surface area contributed by atoms with Crippen LogP contribution >= 0.6 is 11.6 Å². The molecule has 25 heavy (non-hydrogen) atoms. The fourth-order valence-electron chi connectivity index (χ4n) is 2.47. The highest BCUT2D eigenvalue weighted by molar-refractivity contribution is 6.31. The van der Waals surface area contributed by atoms with Crippen molar-refractivity contribution in [1.29, 1.82) is 0 Å². The molecule has 0 spiro atoms. The van der Waals surface area contributed by atoms with E-state index < -0.39 is 5.97 Å². The topological polar surface area (TPSA) is 77.2 Å². The van der Waals surface area contributed by atoms with Gasteiger partial charge in [-0.25, -0.2) is 4.79 Å². The molecule has 0 aliphatic heterocycles. The van der Waals surface area contributed by atoms with E-state index in [1.165, 1.54) is 4.80 Å². The molecule has 0 amide bonds. The van der Waals surface area contributed by atoms with Gasteiger partial charge in [0, 0.05) is 17.5 Å². The molecular weight excluding hydrogens is 342 g/mol. The molecule has 3 rings (SSSR count). The third kappa shape index (κ3) is 3.80. The van der Waals surface area contributed by atoms with Crippen molar-refractivity contribution in [3.8, 4) is 11.4 Å². The second kappa shape index (κ2) is 6.94. The van der Waals surface area contributed by atoms with Crippen LogP contribution in [0, 0.1) is 0 Å². The van der Waals surface area contributed by atoms with Crippen LogP contribution in [0.15, 0.2) is 49.1 Å². The van der Waals surface area contributed by atoms with E-state index in [2.05, 4.69) is 16.8 Å². The van der Waals surface area contributed by atoms with E-state index in [-0.39, 0.29) is 11.9 Å². The van der Waals surface area contributed by atoms with Crippen LogP contribution in [0.5, 0.6) is 5.75 Å². The summed E-state index contributed by atoms with van der Waals surface area (Å²) in [7, 11) is 0. The number of benzene rings is 2. The normalized spacial score (nSPS) is 12.1. The van der Waals surface area contributed by atoms with Crippen molar-refractivity contribution in [3.63, 3.8) is 0 Å². The standard InChI is InChI=1S/C18H16ClN3O3/c1-3-18(24)25-11(2)8-12-4-7-17(23)16(9-12)22-20-14-6-5-13(19)10-15(14)21-22/h3-7,9-11,23H,1,8H2,2H3. The Morgan fingerprint density at radius 1 is 1.32 bits per heavy atom. The minimum Gasteiger partial charge on any atom is -0.506 e. The summed E-state index contributed by atoms with van der Waals surface area (Å²) in [5.74, 6) is -0.422. The number of fused-ring (bicyclic) bond motifs is 1. The third-order valence-corrected chi connectivity index (χ3v) is 3.84.